The van der Waals surface area contributed by atoms with Gasteiger partial charge in [-0.2, -0.15) is 0 Å². The maximum absolute atomic E-state index is 13.5. The van der Waals surface area contributed by atoms with Gasteiger partial charge in [0.15, 0.2) is 0 Å². The molecule has 2 amide bonds. The number of amides is 2. The summed E-state index contributed by atoms with van der Waals surface area (Å²) in [5, 5.41) is 3.56. The molecule has 0 aliphatic heterocycles. The molecule has 1 N–H and O–H groups in total. The summed E-state index contributed by atoms with van der Waals surface area (Å²) in [7, 11) is -3.96. The Labute approximate surface area is 226 Å². The van der Waals surface area contributed by atoms with Crippen molar-refractivity contribution in [2.75, 3.05) is 23.7 Å². The predicted molar refractivity (Wildman–Crippen MR) is 143 cm³/mol. The second-order valence-electron chi connectivity index (χ2n) is 7.96. The molecule has 0 radical (unpaired) electrons. The largest absolute Gasteiger partial charge is 0.354 e. The number of unbranched alkanes of at least 4 members (excludes halogenated alkanes) is 1. The van der Waals surface area contributed by atoms with E-state index in [1.165, 1.54) is 17.0 Å². The number of carbonyl (C=O) groups excluding carboxylic acids is 2. The number of nitrogens with one attached hydrogen (secondary N) is 1. The van der Waals surface area contributed by atoms with Crippen LogP contribution in [0.2, 0.25) is 20.1 Å². The van der Waals surface area contributed by atoms with Crippen molar-refractivity contribution in [1.82, 2.24) is 10.2 Å². The minimum atomic E-state index is -3.96. The average molecular weight is 583 g/mol. The van der Waals surface area contributed by atoms with Crippen LogP contribution in [-0.2, 0) is 26.2 Å². The third-order valence-corrected chi connectivity index (χ3v) is 7.60. The highest BCUT2D eigenvalue weighted by Gasteiger charge is 2.31. The molecule has 0 spiro atoms. The standard InChI is InChI=1S/C23H27Cl4N3O4S/c1-4-5-10-28-23(32)15(2)29(13-16-6-8-17(24)9-7-16)22(31)14-30(35(3,33)34)21-12-19(26)18(25)11-20(21)27/h6-9,11-12,15H,4-5,10,13-14H2,1-3H3,(H,28,32). The number of rotatable bonds is 11. The first-order chi connectivity index (χ1) is 16.3. The lowest BCUT2D eigenvalue weighted by Crippen LogP contribution is -2.51. The molecule has 192 valence electrons. The Morgan fingerprint density at radius 1 is 1.00 bits per heavy atom. The molecule has 0 saturated carbocycles. The zero-order valence-corrected chi connectivity index (χ0v) is 23.4. The van der Waals surface area contributed by atoms with Crippen LogP contribution in [0, 0.1) is 0 Å². The van der Waals surface area contributed by atoms with E-state index in [0.29, 0.717) is 11.6 Å². The van der Waals surface area contributed by atoms with Gasteiger partial charge in [0, 0.05) is 18.1 Å². The number of hydrogen-bond donors (Lipinski definition) is 1. The molecular weight excluding hydrogens is 556 g/mol. The van der Waals surface area contributed by atoms with E-state index in [9.17, 15) is 18.0 Å². The summed E-state index contributed by atoms with van der Waals surface area (Å²) in [5.74, 6) is -0.954. The first-order valence-corrected chi connectivity index (χ1v) is 14.1. The number of halogens is 4. The van der Waals surface area contributed by atoms with Crippen molar-refractivity contribution in [3.63, 3.8) is 0 Å². The number of anilines is 1. The number of nitrogens with zero attached hydrogens (tertiary/aromatic N) is 2. The third kappa shape index (κ3) is 8.43. The third-order valence-electron chi connectivity index (χ3n) is 5.20. The van der Waals surface area contributed by atoms with E-state index in [1.807, 2.05) is 6.92 Å². The molecule has 2 aromatic rings. The molecule has 0 aliphatic carbocycles. The van der Waals surface area contributed by atoms with Gasteiger partial charge >= 0.3 is 0 Å². The van der Waals surface area contributed by atoms with Crippen LogP contribution in [0.4, 0.5) is 5.69 Å². The van der Waals surface area contributed by atoms with Gasteiger partial charge in [0.1, 0.15) is 12.6 Å². The molecule has 2 aromatic carbocycles. The van der Waals surface area contributed by atoms with Gasteiger partial charge in [-0.3, -0.25) is 13.9 Å². The van der Waals surface area contributed by atoms with Crippen LogP contribution in [-0.4, -0.2) is 50.5 Å². The van der Waals surface area contributed by atoms with Gasteiger partial charge in [-0.05, 0) is 43.2 Å². The van der Waals surface area contributed by atoms with E-state index < -0.39 is 28.5 Å². The van der Waals surface area contributed by atoms with E-state index >= 15 is 0 Å². The fraction of sp³-hybridized carbons (Fsp3) is 0.391. The van der Waals surface area contributed by atoms with E-state index in [4.69, 9.17) is 46.4 Å². The molecule has 0 heterocycles. The lowest BCUT2D eigenvalue weighted by molar-refractivity contribution is -0.139. The lowest BCUT2D eigenvalue weighted by atomic mass is 10.1. The van der Waals surface area contributed by atoms with E-state index in [-0.39, 0.29) is 33.2 Å². The summed E-state index contributed by atoms with van der Waals surface area (Å²) in [4.78, 5) is 27.6. The summed E-state index contributed by atoms with van der Waals surface area (Å²) in [6.07, 6.45) is 2.64. The Balaban J connectivity index is 2.41. The quantitative estimate of drug-likeness (QED) is 0.284. The van der Waals surface area contributed by atoms with E-state index in [0.717, 1.165) is 29.0 Å². The van der Waals surface area contributed by atoms with Crippen molar-refractivity contribution in [3.8, 4) is 0 Å². The van der Waals surface area contributed by atoms with Gasteiger partial charge in [0.05, 0.1) is 27.0 Å². The predicted octanol–water partition coefficient (Wildman–Crippen LogP) is 5.40. The van der Waals surface area contributed by atoms with E-state index in [1.54, 1.807) is 31.2 Å². The normalized spacial score (nSPS) is 12.2. The number of benzene rings is 2. The molecule has 0 bridgehead atoms. The van der Waals surface area contributed by atoms with Crippen LogP contribution in [0.3, 0.4) is 0 Å². The number of hydrogen-bond acceptors (Lipinski definition) is 4. The fourth-order valence-electron chi connectivity index (χ4n) is 3.20. The highest BCUT2D eigenvalue weighted by molar-refractivity contribution is 7.92. The van der Waals surface area contributed by atoms with Gasteiger partial charge in [0.2, 0.25) is 21.8 Å². The van der Waals surface area contributed by atoms with Crippen LogP contribution in [0.15, 0.2) is 36.4 Å². The van der Waals surface area contributed by atoms with Gasteiger partial charge in [-0.25, -0.2) is 8.42 Å². The van der Waals surface area contributed by atoms with Crippen molar-refractivity contribution >= 4 is 73.9 Å². The number of carbonyl (C=O) groups is 2. The zero-order chi connectivity index (χ0) is 26.3. The summed E-state index contributed by atoms with van der Waals surface area (Å²) >= 11 is 24.3. The first kappa shape index (κ1) is 29.5. The van der Waals surface area contributed by atoms with Gasteiger partial charge in [-0.1, -0.05) is 71.9 Å². The lowest BCUT2D eigenvalue weighted by Gasteiger charge is -2.31. The molecule has 2 rings (SSSR count). The Hall–Kier alpha value is -1.71. The molecule has 7 nitrogen and oxygen atoms in total. The molecule has 0 aromatic heterocycles. The first-order valence-electron chi connectivity index (χ1n) is 10.8. The zero-order valence-electron chi connectivity index (χ0n) is 19.5. The molecule has 35 heavy (non-hydrogen) atoms. The van der Waals surface area contributed by atoms with Crippen molar-refractivity contribution in [1.29, 1.82) is 0 Å². The van der Waals surface area contributed by atoms with Gasteiger partial charge < -0.3 is 10.2 Å². The Kier molecular flexibility index (Phi) is 11.0. The molecule has 0 aliphatic rings. The van der Waals surface area contributed by atoms with E-state index in [2.05, 4.69) is 5.32 Å². The van der Waals surface area contributed by atoms with Crippen LogP contribution in [0.5, 0.6) is 0 Å². The second kappa shape index (κ2) is 13.0. The second-order valence-corrected chi connectivity index (χ2v) is 11.5. The molecule has 1 unspecified atom stereocenters. The average Bonchev–Trinajstić information content (AvgIpc) is 2.78. The minimum Gasteiger partial charge on any atom is -0.354 e. The summed E-state index contributed by atoms with van der Waals surface area (Å²) < 4.78 is 26.1. The van der Waals surface area contributed by atoms with Crippen LogP contribution in [0.25, 0.3) is 0 Å². The van der Waals surface area contributed by atoms with Gasteiger partial charge in [0.25, 0.3) is 0 Å². The molecular formula is C23H27Cl4N3O4S. The molecule has 0 fully saturated rings. The minimum absolute atomic E-state index is 0.00316. The van der Waals surface area contributed by atoms with Crippen molar-refractivity contribution < 1.29 is 18.0 Å². The van der Waals surface area contributed by atoms with Crippen molar-refractivity contribution in [2.24, 2.45) is 0 Å². The Morgan fingerprint density at radius 2 is 1.60 bits per heavy atom. The maximum Gasteiger partial charge on any atom is 0.244 e. The smallest absolute Gasteiger partial charge is 0.244 e. The monoisotopic (exact) mass is 581 g/mol. The van der Waals surface area contributed by atoms with Gasteiger partial charge in [-0.15, -0.1) is 0 Å². The topological polar surface area (TPSA) is 86.8 Å². The number of sulfonamides is 1. The van der Waals surface area contributed by atoms with Crippen LogP contribution in [0.1, 0.15) is 32.3 Å². The highest BCUT2D eigenvalue weighted by atomic mass is 35.5. The summed E-state index contributed by atoms with van der Waals surface area (Å²) in [6.45, 7) is 3.52. The molecule has 0 saturated heterocycles. The van der Waals surface area contributed by atoms with Crippen molar-refractivity contribution in [3.05, 3.63) is 62.1 Å². The SMILES string of the molecule is CCCCNC(=O)C(C)N(Cc1ccc(Cl)cc1)C(=O)CN(c1cc(Cl)c(Cl)cc1Cl)S(C)(=O)=O. The fourth-order valence-corrected chi connectivity index (χ4v) is 4.88. The maximum atomic E-state index is 13.5. The van der Waals surface area contributed by atoms with Crippen LogP contribution >= 0.6 is 46.4 Å². The summed E-state index contributed by atoms with van der Waals surface area (Å²) in [6, 6.07) is 8.51. The van der Waals surface area contributed by atoms with Crippen molar-refractivity contribution in [2.45, 2.75) is 39.3 Å². The summed E-state index contributed by atoms with van der Waals surface area (Å²) in [5.41, 5.74) is 0.720. The Morgan fingerprint density at radius 3 is 2.17 bits per heavy atom. The molecule has 1 atom stereocenters. The highest BCUT2D eigenvalue weighted by Crippen LogP contribution is 2.35. The Bertz CT molecular complexity index is 1160. The molecule has 12 heteroatoms. The van der Waals surface area contributed by atoms with Crippen LogP contribution < -0.4 is 9.62 Å².